The maximum atomic E-state index is 9.75. The Morgan fingerprint density at radius 1 is 0.206 bits per heavy atom. The van der Waals surface area contributed by atoms with Gasteiger partial charge in [-0.2, -0.15) is 0 Å². The summed E-state index contributed by atoms with van der Waals surface area (Å²) in [5.41, 5.74) is 0. The zero-order valence-corrected chi connectivity index (χ0v) is 66.2. The molecule has 3 heterocycles. The van der Waals surface area contributed by atoms with Crippen molar-refractivity contribution in [3.63, 3.8) is 0 Å². The number of alkyl halides is 4. The van der Waals surface area contributed by atoms with E-state index in [4.69, 9.17) is 46.4 Å². The zero-order chi connectivity index (χ0) is 73.8. The smallest absolute Gasteiger partial charge is 0.418 e. The Balaban J connectivity index is 0.000000201. The van der Waals surface area contributed by atoms with Crippen LogP contribution in [0.15, 0.2) is 401 Å². The van der Waals surface area contributed by atoms with Gasteiger partial charge in [0.1, 0.15) is 63.7 Å². The molecule has 0 aliphatic carbocycles. The topological polar surface area (TPSA) is 103 Å². The normalized spacial score (nSPS) is 10.1. The van der Waals surface area contributed by atoms with Crippen LogP contribution < -0.4 is 63.7 Å². The molecule has 23 heteroatoms. The summed E-state index contributed by atoms with van der Waals surface area (Å²) in [7, 11) is -9.51. The third-order valence-corrected chi connectivity index (χ3v) is 25.7. The first-order valence-corrected chi connectivity index (χ1v) is 41.1. The van der Waals surface area contributed by atoms with Crippen molar-refractivity contribution >= 4 is 149 Å². The quantitative estimate of drug-likeness (QED) is 0.0459. The minimum Gasteiger partial charge on any atom is -0.418 e. The van der Waals surface area contributed by atoms with Crippen LogP contribution in [0.1, 0.15) is 0 Å². The molecular weight excluding hydrogens is 1600 g/mol. The molecule has 0 fully saturated rings. The van der Waals surface area contributed by atoms with Crippen molar-refractivity contribution in [2.24, 2.45) is 0 Å². The van der Waals surface area contributed by atoms with Crippen LogP contribution in [0, 0.1) is 0 Å². The van der Waals surface area contributed by atoms with E-state index in [2.05, 4.69) is 404 Å². The van der Waals surface area contributed by atoms with Crippen molar-refractivity contribution in [2.75, 3.05) is 10.7 Å². The molecule has 0 N–H and O–H groups in total. The Morgan fingerprint density at radius 2 is 0.308 bits per heavy atom. The van der Waals surface area contributed by atoms with Crippen molar-refractivity contribution in [3.05, 3.63) is 401 Å². The predicted octanol–water partition coefficient (Wildman–Crippen LogP) is 17.0. The monoisotopic (exact) mass is 1670 g/mol. The Bertz CT molecular complexity index is 3790. The molecule has 0 bridgehead atoms. The fourth-order valence-corrected chi connectivity index (χ4v) is 20.8. The number of nitrogens with zero attached hydrogens (tertiary/aromatic N) is 8. The fraction of sp³-hybridized carbons (Fsp3) is 0.0238. The Morgan fingerprint density at radius 3 is 0.411 bits per heavy atom. The van der Waals surface area contributed by atoms with Gasteiger partial charge in [-0.25, -0.2) is 19.9 Å². The van der Waals surface area contributed by atoms with Crippen LogP contribution in [-0.2, 0) is 34.1 Å². The molecule has 15 aromatic rings. The molecule has 12 aromatic carbocycles. The van der Waals surface area contributed by atoms with E-state index in [0.29, 0.717) is 11.6 Å². The largest absolute Gasteiger partial charge is 1.00 e. The van der Waals surface area contributed by atoms with Crippen LogP contribution in [-0.4, -0.2) is 58.3 Å². The molecular formula is C84H74BCl4Cu2F4N8P4+4. The van der Waals surface area contributed by atoms with E-state index in [1.165, 1.54) is 63.7 Å². The molecule has 0 unspecified atom stereocenters. The van der Waals surface area contributed by atoms with Crippen LogP contribution in [0.2, 0.25) is 0 Å². The van der Waals surface area contributed by atoms with E-state index >= 15 is 0 Å². The van der Waals surface area contributed by atoms with E-state index in [9.17, 15) is 17.3 Å². The standard InChI is InChI=1S/4C18H15P.C10H6N8.2CH2Cl2.BF4.2Cu/c4*1-4-10-16(11-5-1)19(17-12-6-2-7-13-17)18-14-8-3-9-15-18;1-3-11-7(12-4-1)9-15-17-10(18-16-9)8-13-5-2-6-14-8;2*2-1-3;2-1(3,4)5;;/h4*1-15H;1-6H;2*1H2;;;/q;;;;;;;-1;;+1/p+4. The van der Waals surface area contributed by atoms with Gasteiger partial charge in [0, 0.05) is 41.9 Å². The van der Waals surface area contributed by atoms with E-state index < -0.39 is 38.9 Å². The molecule has 0 saturated heterocycles. The number of rotatable bonds is 14. The van der Waals surface area contributed by atoms with Crippen LogP contribution >= 0.6 is 78.1 Å². The van der Waals surface area contributed by atoms with Crippen molar-refractivity contribution in [1.82, 2.24) is 40.3 Å². The molecule has 3 aromatic heterocycles. The summed E-state index contributed by atoms with van der Waals surface area (Å²) in [6, 6.07) is 133. The van der Waals surface area contributed by atoms with Gasteiger partial charge in [-0.3, -0.25) is 0 Å². The number of benzene rings is 12. The second-order valence-electron chi connectivity index (χ2n) is 21.8. The third-order valence-electron chi connectivity index (χ3n) is 14.8. The Hall–Kier alpha value is -8.56. The van der Waals surface area contributed by atoms with Gasteiger partial charge < -0.3 is 17.3 Å². The van der Waals surface area contributed by atoms with Crippen molar-refractivity contribution in [1.29, 1.82) is 0 Å². The molecule has 107 heavy (non-hydrogen) atoms. The van der Waals surface area contributed by atoms with Crippen molar-refractivity contribution in [3.8, 4) is 23.3 Å². The maximum absolute atomic E-state index is 9.75. The molecule has 547 valence electrons. The summed E-state index contributed by atoms with van der Waals surface area (Å²) in [4.78, 5) is 16.0. The SMILES string of the molecule is ClCCl.ClCCl.F[B-](F)(F)F.[Cu+].[Cu].c1ccc([PH+](c2ccccc2)c2ccccc2)cc1.c1ccc([PH+](c2ccccc2)c2ccccc2)cc1.c1ccc([PH+](c2ccccc2)c2ccccc2)cc1.c1ccc([PH+](c2ccccc2)c2ccccc2)cc1.c1cnc(-c2nnc(-c3ncccn3)nn2)nc1. The number of hydrogen-bond acceptors (Lipinski definition) is 8. The molecule has 0 aliphatic rings. The maximum Gasteiger partial charge on any atom is 1.00 e. The van der Waals surface area contributed by atoms with Crippen molar-refractivity contribution < 1.29 is 51.4 Å². The molecule has 0 spiro atoms. The van der Waals surface area contributed by atoms with E-state index in [0.717, 1.165) is 0 Å². The second kappa shape index (κ2) is 50.9. The van der Waals surface area contributed by atoms with Gasteiger partial charge in [-0.05, 0) is 158 Å². The first-order valence-electron chi connectivity index (χ1n) is 32.9. The summed E-state index contributed by atoms with van der Waals surface area (Å²) in [5.74, 6) is 1.27. The van der Waals surface area contributed by atoms with Crippen LogP contribution in [0.5, 0.6) is 0 Å². The zero-order valence-electron chi connectivity index (χ0n) is 57.3. The van der Waals surface area contributed by atoms with E-state index in [1.54, 1.807) is 36.9 Å². The van der Waals surface area contributed by atoms with Gasteiger partial charge in [-0.15, -0.1) is 66.8 Å². The first-order chi connectivity index (χ1) is 51.6. The predicted molar refractivity (Wildman–Crippen MR) is 449 cm³/mol. The van der Waals surface area contributed by atoms with Crippen LogP contribution in [0.25, 0.3) is 23.3 Å². The molecule has 1 radical (unpaired) electrons. The Labute approximate surface area is 670 Å². The molecule has 0 aliphatic heterocycles. The van der Waals surface area contributed by atoms with Gasteiger partial charge in [-0.1, -0.05) is 218 Å². The third kappa shape index (κ3) is 30.9. The number of halogens is 8. The Kier molecular flexibility index (Phi) is 41.6. The van der Waals surface area contributed by atoms with Gasteiger partial charge in [0.25, 0.3) is 0 Å². The summed E-state index contributed by atoms with van der Waals surface area (Å²) >= 11 is 19.1. The number of aromatic nitrogens is 8. The number of hydrogen-bond donors (Lipinski definition) is 0. The van der Waals surface area contributed by atoms with E-state index in [-0.39, 0.29) is 56.5 Å². The summed E-state index contributed by atoms with van der Waals surface area (Å²) in [5, 5.41) is 33.2. The first kappa shape index (κ1) is 87.4. The van der Waals surface area contributed by atoms with Gasteiger partial charge >= 0.3 is 24.3 Å². The molecule has 0 saturated carbocycles. The molecule has 15 rings (SSSR count). The van der Waals surface area contributed by atoms with E-state index in [1.807, 2.05) is 0 Å². The minimum atomic E-state index is -6.00. The average molecular weight is 1680 g/mol. The minimum absolute atomic E-state index is 0. The van der Waals surface area contributed by atoms with Crippen LogP contribution in [0.4, 0.5) is 17.3 Å². The van der Waals surface area contributed by atoms with Crippen molar-refractivity contribution in [2.45, 2.75) is 0 Å². The van der Waals surface area contributed by atoms with Gasteiger partial charge in [0.05, 0.1) is 42.4 Å². The molecule has 0 atom stereocenters. The van der Waals surface area contributed by atoms with Gasteiger partial charge in [0.2, 0.25) is 23.3 Å². The summed E-state index contributed by atoms with van der Waals surface area (Å²) < 4.78 is 39.0. The summed E-state index contributed by atoms with van der Waals surface area (Å²) in [6.45, 7) is 0. The molecule has 0 amide bonds. The van der Waals surface area contributed by atoms with Gasteiger partial charge in [0.15, 0.2) is 0 Å². The summed E-state index contributed by atoms with van der Waals surface area (Å²) in [6.07, 6.45) is 6.39. The fourth-order valence-electron chi connectivity index (χ4n) is 10.5. The average Bonchev–Trinajstić information content (AvgIpc) is 0.821. The van der Waals surface area contributed by atoms with Crippen LogP contribution in [0.3, 0.4) is 0 Å². The molecule has 8 nitrogen and oxygen atoms in total. The second-order valence-corrected chi connectivity index (χ2v) is 33.3.